The molecular weight excluding hydrogens is 386 g/mol. The molecule has 4 amide bonds. The average molecular weight is 409 g/mol. The largest absolute Gasteiger partial charge is 0.352 e. The van der Waals surface area contributed by atoms with Crippen molar-refractivity contribution in [3.8, 4) is 0 Å². The van der Waals surface area contributed by atoms with Gasteiger partial charge in [-0.25, -0.2) is 8.42 Å². The summed E-state index contributed by atoms with van der Waals surface area (Å²) in [5.41, 5.74) is 0.310. The second kappa shape index (κ2) is 8.51. The Bertz CT molecular complexity index is 875. The van der Waals surface area contributed by atoms with E-state index in [2.05, 4.69) is 10.6 Å². The summed E-state index contributed by atoms with van der Waals surface area (Å²) in [4.78, 5) is 50.5. The number of carbonyl (C=O) groups is 4. The van der Waals surface area contributed by atoms with E-state index in [1.807, 2.05) is 0 Å². The maximum atomic E-state index is 12.7. The summed E-state index contributed by atoms with van der Waals surface area (Å²) in [5.74, 6) is -2.93. The maximum absolute atomic E-state index is 12.7. The van der Waals surface area contributed by atoms with Crippen molar-refractivity contribution in [2.45, 2.75) is 32.4 Å². The predicted octanol–water partition coefficient (Wildman–Crippen LogP) is -0.273. The van der Waals surface area contributed by atoms with Crippen LogP contribution in [0.25, 0.3) is 0 Å². The number of sulfone groups is 1. The van der Waals surface area contributed by atoms with Gasteiger partial charge in [-0.05, 0) is 32.4 Å². The van der Waals surface area contributed by atoms with Crippen molar-refractivity contribution in [3.63, 3.8) is 0 Å². The molecule has 0 saturated heterocycles. The number of nitrogens with zero attached hydrogens (tertiary/aromatic N) is 1. The number of nitrogens with one attached hydrogen (secondary N) is 2. The molecule has 1 aliphatic rings. The molecule has 28 heavy (non-hydrogen) atoms. The van der Waals surface area contributed by atoms with Gasteiger partial charge in [-0.3, -0.25) is 24.1 Å². The fourth-order valence-corrected chi connectivity index (χ4v) is 3.50. The highest BCUT2D eigenvalue weighted by molar-refractivity contribution is 7.90. The Kier molecular flexibility index (Phi) is 6.55. The minimum absolute atomic E-state index is 0.123. The molecule has 0 aliphatic carbocycles. The molecule has 2 N–H and O–H groups in total. The lowest BCUT2D eigenvalue weighted by molar-refractivity contribution is -0.128. The highest BCUT2D eigenvalue weighted by Crippen LogP contribution is 2.25. The zero-order valence-electron chi connectivity index (χ0n) is 15.9. The van der Waals surface area contributed by atoms with Crippen LogP contribution in [0.5, 0.6) is 0 Å². The molecule has 1 atom stereocenters. The SMILES string of the molecule is CC(C)NC(=O)CNC(=O)[C@H](CCS(C)(=O)=O)N1C(=O)c2ccccc2C1=O. The highest BCUT2D eigenvalue weighted by atomic mass is 32.2. The first-order valence-corrected chi connectivity index (χ1v) is 10.8. The van der Waals surface area contributed by atoms with Crippen LogP contribution in [0.15, 0.2) is 24.3 Å². The van der Waals surface area contributed by atoms with Gasteiger partial charge in [0.2, 0.25) is 11.8 Å². The molecule has 0 aromatic heterocycles. The monoisotopic (exact) mass is 409 g/mol. The average Bonchev–Trinajstić information content (AvgIpc) is 2.84. The van der Waals surface area contributed by atoms with Crippen molar-refractivity contribution in [2.75, 3.05) is 18.6 Å². The van der Waals surface area contributed by atoms with Crippen molar-refractivity contribution in [1.82, 2.24) is 15.5 Å². The van der Waals surface area contributed by atoms with Crippen molar-refractivity contribution >= 4 is 33.5 Å². The van der Waals surface area contributed by atoms with Crippen LogP contribution >= 0.6 is 0 Å². The summed E-state index contributed by atoms with van der Waals surface area (Å²) in [6.45, 7) is 3.16. The second-order valence-corrected chi connectivity index (χ2v) is 9.16. The molecule has 2 rings (SSSR count). The molecule has 10 heteroatoms. The summed E-state index contributed by atoms with van der Waals surface area (Å²) in [5, 5.41) is 4.97. The molecule has 0 fully saturated rings. The summed E-state index contributed by atoms with van der Waals surface area (Å²) in [6.07, 6.45) is 0.738. The molecular formula is C18H23N3O6S. The number of rotatable bonds is 8. The zero-order chi connectivity index (χ0) is 21.1. The highest BCUT2D eigenvalue weighted by Gasteiger charge is 2.42. The van der Waals surface area contributed by atoms with E-state index in [1.54, 1.807) is 26.0 Å². The van der Waals surface area contributed by atoms with Gasteiger partial charge in [-0.1, -0.05) is 12.1 Å². The number of carbonyl (C=O) groups excluding carboxylic acids is 4. The van der Waals surface area contributed by atoms with Crippen molar-refractivity contribution < 1.29 is 27.6 Å². The van der Waals surface area contributed by atoms with Crippen LogP contribution in [0.2, 0.25) is 0 Å². The number of hydrogen-bond acceptors (Lipinski definition) is 6. The van der Waals surface area contributed by atoms with E-state index in [-0.39, 0.29) is 30.1 Å². The van der Waals surface area contributed by atoms with Gasteiger partial charge in [0.05, 0.1) is 23.4 Å². The molecule has 1 aromatic carbocycles. The number of fused-ring (bicyclic) bond motifs is 1. The quantitative estimate of drug-likeness (QED) is 0.569. The minimum Gasteiger partial charge on any atom is -0.352 e. The van der Waals surface area contributed by atoms with Crippen molar-refractivity contribution in [3.05, 3.63) is 35.4 Å². The Morgan fingerprint density at radius 1 is 1.07 bits per heavy atom. The van der Waals surface area contributed by atoms with E-state index in [9.17, 15) is 27.6 Å². The van der Waals surface area contributed by atoms with E-state index in [0.717, 1.165) is 11.2 Å². The molecule has 9 nitrogen and oxygen atoms in total. The molecule has 0 radical (unpaired) electrons. The molecule has 0 unspecified atom stereocenters. The summed E-state index contributed by atoms with van der Waals surface area (Å²) < 4.78 is 23.1. The van der Waals surface area contributed by atoms with Crippen LogP contribution in [0, 0.1) is 0 Å². The first-order valence-electron chi connectivity index (χ1n) is 8.73. The topological polar surface area (TPSA) is 130 Å². The molecule has 0 saturated carbocycles. The minimum atomic E-state index is -3.44. The van der Waals surface area contributed by atoms with E-state index < -0.39 is 45.3 Å². The van der Waals surface area contributed by atoms with Crippen LogP contribution in [0.3, 0.4) is 0 Å². The van der Waals surface area contributed by atoms with Crippen molar-refractivity contribution in [1.29, 1.82) is 0 Å². The Morgan fingerprint density at radius 3 is 2.07 bits per heavy atom. The molecule has 152 valence electrons. The van der Waals surface area contributed by atoms with E-state index >= 15 is 0 Å². The lowest BCUT2D eigenvalue weighted by Gasteiger charge is -2.25. The number of benzene rings is 1. The van der Waals surface area contributed by atoms with Gasteiger partial charge in [-0.2, -0.15) is 0 Å². The number of amides is 4. The fraction of sp³-hybridized carbons (Fsp3) is 0.444. The van der Waals surface area contributed by atoms with E-state index in [4.69, 9.17) is 0 Å². The van der Waals surface area contributed by atoms with Crippen molar-refractivity contribution in [2.24, 2.45) is 0 Å². The van der Waals surface area contributed by atoms with Gasteiger partial charge >= 0.3 is 0 Å². The number of hydrogen-bond donors (Lipinski definition) is 2. The first kappa shape index (κ1) is 21.5. The third kappa shape index (κ3) is 5.16. The van der Waals surface area contributed by atoms with Gasteiger partial charge in [0.1, 0.15) is 15.9 Å². The standard InChI is InChI=1S/C18H23N3O6S/c1-11(2)20-15(22)10-19-16(23)14(8-9-28(3,26)27)21-17(24)12-6-4-5-7-13(12)18(21)25/h4-7,11,14H,8-10H2,1-3H3,(H,19,23)(H,20,22)/t14-/m0/s1. The Labute approximate surface area is 163 Å². The summed E-state index contributed by atoms with van der Waals surface area (Å²) in [7, 11) is -3.44. The lowest BCUT2D eigenvalue weighted by Crippen LogP contribution is -2.52. The van der Waals surface area contributed by atoms with Crippen LogP contribution in [0.1, 0.15) is 41.0 Å². The van der Waals surface area contributed by atoms with Gasteiger partial charge in [0.25, 0.3) is 11.8 Å². The fourth-order valence-electron chi connectivity index (χ4n) is 2.85. The Balaban J connectivity index is 2.22. The van der Waals surface area contributed by atoms with Crippen LogP contribution in [-0.2, 0) is 19.4 Å². The Morgan fingerprint density at radius 2 is 1.61 bits per heavy atom. The smallest absolute Gasteiger partial charge is 0.262 e. The van der Waals surface area contributed by atoms with Gasteiger partial charge in [-0.15, -0.1) is 0 Å². The molecule has 1 aromatic rings. The van der Waals surface area contributed by atoms with Gasteiger partial charge < -0.3 is 10.6 Å². The van der Waals surface area contributed by atoms with E-state index in [0.29, 0.717) is 0 Å². The molecule has 0 spiro atoms. The predicted molar refractivity (Wildman–Crippen MR) is 101 cm³/mol. The summed E-state index contributed by atoms with van der Waals surface area (Å²) >= 11 is 0. The number of imide groups is 1. The Hall–Kier alpha value is -2.75. The van der Waals surface area contributed by atoms with Crippen LogP contribution in [0.4, 0.5) is 0 Å². The molecule has 1 aliphatic heterocycles. The van der Waals surface area contributed by atoms with Crippen LogP contribution in [-0.4, -0.2) is 67.6 Å². The molecule has 1 heterocycles. The third-order valence-electron chi connectivity index (χ3n) is 4.07. The first-order chi connectivity index (χ1) is 13.0. The third-order valence-corrected chi connectivity index (χ3v) is 5.05. The van der Waals surface area contributed by atoms with E-state index in [1.165, 1.54) is 12.1 Å². The summed E-state index contributed by atoms with van der Waals surface area (Å²) in [6, 6.07) is 4.66. The molecule has 0 bridgehead atoms. The maximum Gasteiger partial charge on any atom is 0.262 e. The van der Waals surface area contributed by atoms with Gasteiger partial charge in [0.15, 0.2) is 0 Å². The van der Waals surface area contributed by atoms with Crippen LogP contribution < -0.4 is 10.6 Å². The zero-order valence-corrected chi connectivity index (χ0v) is 16.7. The second-order valence-electron chi connectivity index (χ2n) is 6.90. The lowest BCUT2D eigenvalue weighted by atomic mass is 10.1. The normalized spacial score (nSPS) is 14.8. The van der Waals surface area contributed by atoms with Gasteiger partial charge in [0, 0.05) is 12.3 Å².